The molecule has 0 amide bonds. The molecular weight excluding hydrogens is 288 g/mol. The van der Waals surface area contributed by atoms with E-state index < -0.39 is 10.0 Å². The van der Waals surface area contributed by atoms with E-state index in [9.17, 15) is 8.42 Å². The number of piperazine rings is 1. The quantitative estimate of drug-likeness (QED) is 0.856. The van der Waals surface area contributed by atoms with Crippen LogP contribution in [0, 0.1) is 0 Å². The molecule has 0 aliphatic carbocycles. The van der Waals surface area contributed by atoms with Crippen LogP contribution in [0.25, 0.3) is 0 Å². The fourth-order valence-corrected chi connectivity index (χ4v) is 3.69. The normalized spacial score (nSPS) is 17.8. The molecule has 1 saturated heterocycles. The van der Waals surface area contributed by atoms with Crippen molar-refractivity contribution in [2.45, 2.75) is 25.2 Å². The lowest BCUT2D eigenvalue weighted by Crippen LogP contribution is -2.48. The van der Waals surface area contributed by atoms with Crippen molar-refractivity contribution in [2.75, 3.05) is 44.6 Å². The molecule has 2 rings (SSSR count). The number of hydrogen-bond donors (Lipinski definition) is 1. The second-order valence-corrected chi connectivity index (χ2v) is 7.08. The molecule has 21 heavy (non-hydrogen) atoms. The van der Waals surface area contributed by atoms with Gasteiger partial charge in [-0.25, -0.2) is 13.4 Å². The highest BCUT2D eigenvalue weighted by molar-refractivity contribution is 7.89. The first-order valence-corrected chi connectivity index (χ1v) is 8.94. The van der Waals surface area contributed by atoms with Crippen LogP contribution >= 0.6 is 0 Å². The summed E-state index contributed by atoms with van der Waals surface area (Å²) in [5.41, 5.74) is 0. The zero-order valence-corrected chi connectivity index (χ0v) is 13.6. The molecule has 118 valence electrons. The Kier molecular flexibility index (Phi) is 5.55. The maximum atomic E-state index is 12.6. The lowest BCUT2D eigenvalue weighted by atomic mass is 10.4. The average molecular weight is 312 g/mol. The number of rotatable bonds is 6. The molecule has 0 saturated carbocycles. The Morgan fingerprint density at radius 2 is 1.90 bits per heavy atom. The second-order valence-electron chi connectivity index (χ2n) is 5.14. The third-order valence-electron chi connectivity index (χ3n) is 3.71. The zero-order chi connectivity index (χ0) is 15.3. The van der Waals surface area contributed by atoms with Gasteiger partial charge in [0.05, 0.1) is 0 Å². The summed E-state index contributed by atoms with van der Waals surface area (Å²) in [4.78, 5) is 6.71. The van der Waals surface area contributed by atoms with Crippen LogP contribution in [0.1, 0.15) is 20.3 Å². The number of likely N-dealkylation sites (N-methyl/N-ethyl adjacent to an activating group) is 1. The summed E-state index contributed by atoms with van der Waals surface area (Å²) in [5, 5.41) is 3.14. The molecule has 1 aromatic rings. The van der Waals surface area contributed by atoms with E-state index in [-0.39, 0.29) is 4.90 Å². The summed E-state index contributed by atoms with van der Waals surface area (Å²) in [6.45, 7) is 8.64. The van der Waals surface area contributed by atoms with Crippen LogP contribution < -0.4 is 5.32 Å². The summed E-state index contributed by atoms with van der Waals surface area (Å²) < 4.78 is 26.7. The standard InChI is InChI=1S/C14H24N4O2S/c1-3-7-15-14-6-5-13(12-16-14)21(19,20)18-10-8-17(4-2)9-11-18/h5-6,12H,3-4,7-11H2,1-2H3,(H,15,16). The molecule has 0 atom stereocenters. The number of pyridine rings is 1. The number of hydrogen-bond acceptors (Lipinski definition) is 5. The van der Waals surface area contributed by atoms with E-state index in [0.717, 1.165) is 32.6 Å². The molecule has 1 aliphatic rings. The van der Waals surface area contributed by atoms with Gasteiger partial charge >= 0.3 is 0 Å². The van der Waals surface area contributed by atoms with Gasteiger partial charge in [-0.2, -0.15) is 4.31 Å². The van der Waals surface area contributed by atoms with E-state index in [1.807, 2.05) is 0 Å². The number of nitrogens with one attached hydrogen (secondary N) is 1. The van der Waals surface area contributed by atoms with Gasteiger partial charge in [0.15, 0.2) is 0 Å². The molecule has 1 aliphatic heterocycles. The van der Waals surface area contributed by atoms with E-state index >= 15 is 0 Å². The molecule has 0 bridgehead atoms. The molecule has 0 radical (unpaired) electrons. The predicted molar refractivity (Wildman–Crippen MR) is 83.9 cm³/mol. The fraction of sp³-hybridized carbons (Fsp3) is 0.643. The summed E-state index contributed by atoms with van der Waals surface area (Å²) >= 11 is 0. The Morgan fingerprint density at radius 1 is 1.19 bits per heavy atom. The highest BCUT2D eigenvalue weighted by Crippen LogP contribution is 2.18. The minimum Gasteiger partial charge on any atom is -0.370 e. The minimum absolute atomic E-state index is 0.273. The Labute approximate surface area is 127 Å². The van der Waals surface area contributed by atoms with Crippen molar-refractivity contribution in [3.05, 3.63) is 18.3 Å². The Bertz CT molecular complexity index is 537. The Morgan fingerprint density at radius 3 is 2.43 bits per heavy atom. The van der Waals surface area contributed by atoms with Gasteiger partial charge < -0.3 is 10.2 Å². The number of nitrogens with zero attached hydrogens (tertiary/aromatic N) is 3. The monoisotopic (exact) mass is 312 g/mol. The van der Waals surface area contributed by atoms with Gasteiger partial charge in [-0.3, -0.25) is 0 Å². The summed E-state index contributed by atoms with van der Waals surface area (Å²) in [5.74, 6) is 0.714. The average Bonchev–Trinajstić information content (AvgIpc) is 2.53. The van der Waals surface area contributed by atoms with Crippen molar-refractivity contribution >= 4 is 15.8 Å². The topological polar surface area (TPSA) is 65.5 Å². The molecule has 2 heterocycles. The molecule has 1 N–H and O–H groups in total. The highest BCUT2D eigenvalue weighted by Gasteiger charge is 2.28. The van der Waals surface area contributed by atoms with Gasteiger partial charge in [0, 0.05) is 38.9 Å². The maximum absolute atomic E-state index is 12.6. The summed E-state index contributed by atoms with van der Waals surface area (Å²) in [7, 11) is -3.41. The van der Waals surface area contributed by atoms with Crippen molar-refractivity contribution in [1.82, 2.24) is 14.2 Å². The number of aromatic nitrogens is 1. The smallest absolute Gasteiger partial charge is 0.244 e. The second kappa shape index (κ2) is 7.20. The van der Waals surface area contributed by atoms with Gasteiger partial charge in [0.25, 0.3) is 0 Å². The molecule has 0 aromatic carbocycles. The van der Waals surface area contributed by atoms with Crippen LogP contribution in [0.5, 0.6) is 0 Å². The van der Waals surface area contributed by atoms with E-state index in [1.165, 1.54) is 6.20 Å². The van der Waals surface area contributed by atoms with Crippen molar-refractivity contribution in [3.63, 3.8) is 0 Å². The molecule has 1 aromatic heterocycles. The van der Waals surface area contributed by atoms with E-state index in [0.29, 0.717) is 18.9 Å². The van der Waals surface area contributed by atoms with Crippen LogP contribution in [0.4, 0.5) is 5.82 Å². The van der Waals surface area contributed by atoms with Gasteiger partial charge in [-0.1, -0.05) is 13.8 Å². The van der Waals surface area contributed by atoms with Gasteiger partial charge in [-0.05, 0) is 25.1 Å². The molecular formula is C14H24N4O2S. The van der Waals surface area contributed by atoms with E-state index in [1.54, 1.807) is 16.4 Å². The Hall–Kier alpha value is -1.18. The van der Waals surface area contributed by atoms with Gasteiger partial charge in [-0.15, -0.1) is 0 Å². The van der Waals surface area contributed by atoms with E-state index in [4.69, 9.17) is 0 Å². The lowest BCUT2D eigenvalue weighted by molar-refractivity contribution is 0.196. The molecule has 6 nitrogen and oxygen atoms in total. The first-order valence-electron chi connectivity index (χ1n) is 7.50. The predicted octanol–water partition coefficient (Wildman–Crippen LogP) is 1.23. The number of anilines is 1. The zero-order valence-electron chi connectivity index (χ0n) is 12.7. The summed E-state index contributed by atoms with van der Waals surface area (Å²) in [6.07, 6.45) is 2.45. The van der Waals surface area contributed by atoms with Gasteiger partial charge in [0.2, 0.25) is 10.0 Å². The SMILES string of the molecule is CCCNc1ccc(S(=O)(=O)N2CCN(CC)CC2)cn1. The first kappa shape index (κ1) is 16.2. The largest absolute Gasteiger partial charge is 0.370 e. The molecule has 0 spiro atoms. The lowest BCUT2D eigenvalue weighted by Gasteiger charge is -2.33. The van der Waals surface area contributed by atoms with Gasteiger partial charge in [0.1, 0.15) is 10.7 Å². The van der Waals surface area contributed by atoms with Crippen molar-refractivity contribution in [1.29, 1.82) is 0 Å². The van der Waals surface area contributed by atoms with Crippen LogP contribution in [-0.2, 0) is 10.0 Å². The molecule has 0 unspecified atom stereocenters. The minimum atomic E-state index is -3.41. The number of sulfonamides is 1. The van der Waals surface area contributed by atoms with Crippen LogP contribution in [0.2, 0.25) is 0 Å². The van der Waals surface area contributed by atoms with Crippen LogP contribution in [0.15, 0.2) is 23.2 Å². The van der Waals surface area contributed by atoms with E-state index in [2.05, 4.69) is 29.0 Å². The van der Waals surface area contributed by atoms with Crippen molar-refractivity contribution in [3.8, 4) is 0 Å². The maximum Gasteiger partial charge on any atom is 0.244 e. The van der Waals surface area contributed by atoms with Crippen molar-refractivity contribution in [2.24, 2.45) is 0 Å². The van der Waals surface area contributed by atoms with Crippen LogP contribution in [-0.4, -0.2) is 61.9 Å². The fourth-order valence-electron chi connectivity index (χ4n) is 2.33. The molecule has 7 heteroatoms. The van der Waals surface area contributed by atoms with Crippen LogP contribution in [0.3, 0.4) is 0 Å². The van der Waals surface area contributed by atoms with Crippen molar-refractivity contribution < 1.29 is 8.42 Å². The molecule has 1 fully saturated rings. The highest BCUT2D eigenvalue weighted by atomic mass is 32.2. The first-order chi connectivity index (χ1) is 10.1. The third kappa shape index (κ3) is 3.93. The Balaban J connectivity index is 2.05. The summed E-state index contributed by atoms with van der Waals surface area (Å²) in [6, 6.07) is 3.36. The third-order valence-corrected chi connectivity index (χ3v) is 5.59.